The normalized spacial score (nSPS) is 12.2. The van der Waals surface area contributed by atoms with Crippen LogP contribution in [0.5, 0.6) is 0 Å². The molecule has 0 aliphatic carbocycles. The van der Waals surface area contributed by atoms with Crippen molar-refractivity contribution < 1.29 is 19.1 Å². The minimum absolute atomic E-state index is 0.272. The zero-order chi connectivity index (χ0) is 31.8. The molecule has 3 rings (SSSR count). The van der Waals surface area contributed by atoms with Crippen molar-refractivity contribution in [3.8, 4) is 23.1 Å². The molecule has 0 spiro atoms. The van der Waals surface area contributed by atoms with Gasteiger partial charge in [-0.3, -0.25) is 4.90 Å². The molecule has 0 saturated carbocycles. The standard InChI is InChI=1S/C33H46N6O4/c1-10-18-38(30(40)42-32(4,5)6)22-28-34-20-26(36-28)17-14-24-12-15-25(16-13-24)27-21-35-29(37-27)23(3)39(19-11-2)31(41)43-33(7,8)9/h12-13,15-16,20-21,23H,10-11,18-19,22H2,1-9H3,(H,34,36)(H,35,37)/t23-/m0/s1. The van der Waals surface area contributed by atoms with Gasteiger partial charge in [0.05, 0.1) is 30.7 Å². The summed E-state index contributed by atoms with van der Waals surface area (Å²) in [5.41, 5.74) is 2.18. The second-order valence-corrected chi connectivity index (χ2v) is 12.5. The Balaban J connectivity index is 1.67. The van der Waals surface area contributed by atoms with E-state index in [2.05, 4.69) is 31.8 Å². The predicted octanol–water partition coefficient (Wildman–Crippen LogP) is 7.05. The number of hydrogen-bond donors (Lipinski definition) is 2. The van der Waals surface area contributed by atoms with Crippen LogP contribution in [0.4, 0.5) is 9.59 Å². The van der Waals surface area contributed by atoms with Crippen molar-refractivity contribution in [2.24, 2.45) is 0 Å². The van der Waals surface area contributed by atoms with Crippen LogP contribution in [0, 0.1) is 11.8 Å². The number of benzene rings is 1. The number of aromatic nitrogens is 4. The molecule has 3 aromatic rings. The third-order valence-corrected chi connectivity index (χ3v) is 6.20. The lowest BCUT2D eigenvalue weighted by molar-refractivity contribution is 0.0165. The van der Waals surface area contributed by atoms with Crippen LogP contribution in [0.1, 0.15) is 104 Å². The van der Waals surface area contributed by atoms with Crippen LogP contribution in [-0.4, -0.2) is 66.2 Å². The number of hydrogen-bond acceptors (Lipinski definition) is 6. The Kier molecular flexibility index (Phi) is 11.0. The summed E-state index contributed by atoms with van der Waals surface area (Å²) in [6.07, 6.45) is 4.35. The molecular weight excluding hydrogens is 544 g/mol. The zero-order valence-corrected chi connectivity index (χ0v) is 27.0. The van der Waals surface area contributed by atoms with Crippen LogP contribution in [0.15, 0.2) is 36.7 Å². The average molecular weight is 591 g/mol. The highest BCUT2D eigenvalue weighted by molar-refractivity contribution is 5.69. The van der Waals surface area contributed by atoms with Crippen molar-refractivity contribution in [1.29, 1.82) is 0 Å². The van der Waals surface area contributed by atoms with E-state index < -0.39 is 11.2 Å². The first-order valence-electron chi connectivity index (χ1n) is 14.9. The maximum absolute atomic E-state index is 12.8. The average Bonchev–Trinajstić information content (AvgIpc) is 3.58. The van der Waals surface area contributed by atoms with E-state index in [-0.39, 0.29) is 18.2 Å². The van der Waals surface area contributed by atoms with Crippen LogP contribution >= 0.6 is 0 Å². The summed E-state index contributed by atoms with van der Waals surface area (Å²) in [6.45, 7) is 18.6. The molecule has 0 radical (unpaired) electrons. The number of aromatic amines is 2. The summed E-state index contributed by atoms with van der Waals surface area (Å²) in [5.74, 6) is 7.61. The van der Waals surface area contributed by atoms with Crippen LogP contribution in [0.3, 0.4) is 0 Å². The highest BCUT2D eigenvalue weighted by atomic mass is 16.6. The molecule has 232 valence electrons. The fourth-order valence-electron chi connectivity index (χ4n) is 4.24. The Morgan fingerprint density at radius 2 is 1.49 bits per heavy atom. The van der Waals surface area contributed by atoms with E-state index in [1.807, 2.05) is 86.6 Å². The van der Waals surface area contributed by atoms with Crippen molar-refractivity contribution in [3.05, 3.63) is 59.6 Å². The van der Waals surface area contributed by atoms with Gasteiger partial charge in [-0.25, -0.2) is 19.6 Å². The van der Waals surface area contributed by atoms with Crippen molar-refractivity contribution in [3.63, 3.8) is 0 Å². The predicted molar refractivity (Wildman–Crippen MR) is 167 cm³/mol. The minimum Gasteiger partial charge on any atom is -0.444 e. The van der Waals surface area contributed by atoms with E-state index in [1.54, 1.807) is 22.2 Å². The van der Waals surface area contributed by atoms with Gasteiger partial charge in [-0.1, -0.05) is 31.9 Å². The molecule has 1 aromatic carbocycles. The Labute approximate surface area is 255 Å². The second kappa shape index (κ2) is 14.3. The van der Waals surface area contributed by atoms with Gasteiger partial charge in [0.1, 0.15) is 28.5 Å². The third kappa shape index (κ3) is 10.2. The molecule has 0 aliphatic rings. The molecule has 2 N–H and O–H groups in total. The summed E-state index contributed by atoms with van der Waals surface area (Å²) >= 11 is 0. The van der Waals surface area contributed by atoms with Gasteiger partial charge in [-0.05, 0) is 84.9 Å². The van der Waals surface area contributed by atoms with Crippen molar-refractivity contribution in [2.45, 2.75) is 98.9 Å². The maximum Gasteiger partial charge on any atom is 0.410 e. The van der Waals surface area contributed by atoms with Gasteiger partial charge in [-0.15, -0.1) is 0 Å². The summed E-state index contributed by atoms with van der Waals surface area (Å²) < 4.78 is 11.1. The number of carbonyl (C=O) groups is 2. The van der Waals surface area contributed by atoms with Gasteiger partial charge in [0, 0.05) is 18.7 Å². The molecule has 2 amide bonds. The number of rotatable bonds is 9. The highest BCUT2D eigenvalue weighted by Gasteiger charge is 2.28. The Morgan fingerprint density at radius 3 is 2.09 bits per heavy atom. The summed E-state index contributed by atoms with van der Waals surface area (Å²) in [5, 5.41) is 0. The van der Waals surface area contributed by atoms with Crippen LogP contribution in [0.2, 0.25) is 0 Å². The van der Waals surface area contributed by atoms with Crippen LogP contribution in [-0.2, 0) is 16.0 Å². The lowest BCUT2D eigenvalue weighted by atomic mass is 10.1. The Morgan fingerprint density at radius 1 is 0.860 bits per heavy atom. The molecule has 2 heterocycles. The number of amides is 2. The highest BCUT2D eigenvalue weighted by Crippen LogP contribution is 2.25. The van der Waals surface area contributed by atoms with E-state index in [9.17, 15) is 9.59 Å². The SMILES string of the molecule is CCCN(Cc1ncc(C#Cc2ccc(-c3cnc([C@H](C)N(CCC)C(=O)OC(C)(C)C)[nH]3)cc2)[nH]1)C(=O)OC(C)(C)C. The smallest absolute Gasteiger partial charge is 0.410 e. The van der Waals surface area contributed by atoms with Gasteiger partial charge in [0.25, 0.3) is 0 Å². The molecule has 0 aliphatic heterocycles. The molecule has 43 heavy (non-hydrogen) atoms. The summed E-state index contributed by atoms with van der Waals surface area (Å²) in [4.78, 5) is 44.2. The van der Waals surface area contributed by atoms with Gasteiger partial charge >= 0.3 is 12.2 Å². The van der Waals surface area contributed by atoms with E-state index in [0.29, 0.717) is 37.0 Å². The number of H-pyrrole nitrogens is 2. The molecule has 0 bridgehead atoms. The third-order valence-electron chi connectivity index (χ3n) is 6.20. The fourth-order valence-corrected chi connectivity index (χ4v) is 4.24. The Bertz CT molecular complexity index is 1420. The van der Waals surface area contributed by atoms with Crippen LogP contribution < -0.4 is 0 Å². The van der Waals surface area contributed by atoms with Gasteiger partial charge in [0.15, 0.2) is 0 Å². The number of carbonyl (C=O) groups excluding carboxylic acids is 2. The second-order valence-electron chi connectivity index (χ2n) is 12.5. The molecule has 0 saturated heterocycles. The van der Waals surface area contributed by atoms with E-state index in [4.69, 9.17) is 9.47 Å². The minimum atomic E-state index is -0.570. The van der Waals surface area contributed by atoms with E-state index in [1.165, 1.54) is 0 Å². The lowest BCUT2D eigenvalue weighted by Crippen LogP contribution is -2.39. The molecular formula is C33H46N6O4. The molecule has 10 nitrogen and oxygen atoms in total. The van der Waals surface area contributed by atoms with Gasteiger partial charge in [0.2, 0.25) is 0 Å². The molecule has 0 unspecified atom stereocenters. The topological polar surface area (TPSA) is 116 Å². The van der Waals surface area contributed by atoms with Gasteiger partial charge < -0.3 is 24.3 Å². The molecule has 10 heteroatoms. The van der Waals surface area contributed by atoms with Crippen LogP contribution in [0.25, 0.3) is 11.3 Å². The largest absolute Gasteiger partial charge is 0.444 e. The number of imidazole rings is 2. The zero-order valence-electron chi connectivity index (χ0n) is 27.0. The monoisotopic (exact) mass is 590 g/mol. The fraction of sp³-hybridized carbons (Fsp3) is 0.515. The van der Waals surface area contributed by atoms with Crippen molar-refractivity contribution in [2.75, 3.05) is 13.1 Å². The van der Waals surface area contributed by atoms with Crippen molar-refractivity contribution >= 4 is 12.2 Å². The molecule has 0 fully saturated rings. The Hall–Kier alpha value is -4.26. The first-order chi connectivity index (χ1) is 20.2. The maximum atomic E-state index is 12.8. The lowest BCUT2D eigenvalue weighted by Gasteiger charge is -2.30. The number of ether oxygens (including phenoxy) is 2. The molecule has 1 atom stereocenters. The number of nitrogens with one attached hydrogen (secondary N) is 2. The van der Waals surface area contributed by atoms with Gasteiger partial charge in [-0.2, -0.15) is 0 Å². The quantitative estimate of drug-likeness (QED) is 0.258. The first kappa shape index (κ1) is 33.2. The summed E-state index contributed by atoms with van der Waals surface area (Å²) in [7, 11) is 0. The molecule has 2 aromatic heterocycles. The summed E-state index contributed by atoms with van der Waals surface area (Å²) in [6, 6.07) is 7.57. The van der Waals surface area contributed by atoms with Crippen molar-refractivity contribution in [1.82, 2.24) is 29.7 Å². The van der Waals surface area contributed by atoms with E-state index >= 15 is 0 Å². The first-order valence-corrected chi connectivity index (χ1v) is 14.9. The van der Waals surface area contributed by atoms with E-state index in [0.717, 1.165) is 29.7 Å². The number of nitrogens with zero attached hydrogens (tertiary/aromatic N) is 4.